The molecule has 1 aromatic rings. The molecule has 0 aromatic heterocycles. The van der Waals surface area contributed by atoms with E-state index < -0.39 is 0 Å². The Balaban J connectivity index is 2.08. The van der Waals surface area contributed by atoms with Crippen LogP contribution in [0.1, 0.15) is 37.0 Å². The fourth-order valence-electron chi connectivity index (χ4n) is 2.27. The summed E-state index contributed by atoms with van der Waals surface area (Å²) < 4.78 is 5.58. The van der Waals surface area contributed by atoms with Gasteiger partial charge in [-0.3, -0.25) is 4.79 Å². The van der Waals surface area contributed by atoms with Crippen LogP contribution in [0.15, 0.2) is 18.2 Å². The first-order chi connectivity index (χ1) is 9.56. The molecule has 0 radical (unpaired) electrons. The van der Waals surface area contributed by atoms with Crippen LogP contribution in [0, 0.1) is 0 Å². The Labute approximate surface area is 119 Å². The van der Waals surface area contributed by atoms with Crippen molar-refractivity contribution in [2.45, 2.75) is 38.8 Å². The number of anilines is 2. The minimum atomic E-state index is -0.109. The van der Waals surface area contributed by atoms with Crippen molar-refractivity contribution in [1.82, 2.24) is 5.32 Å². The minimum absolute atomic E-state index is 0.0925. The minimum Gasteiger partial charge on any atom is -0.399 e. The highest BCUT2D eigenvalue weighted by molar-refractivity contribution is 6.00. The summed E-state index contributed by atoms with van der Waals surface area (Å²) in [6.45, 7) is 5.41. The maximum Gasteiger partial charge on any atom is 0.253 e. The van der Waals surface area contributed by atoms with E-state index in [4.69, 9.17) is 10.5 Å². The molecule has 1 aromatic carbocycles. The summed E-state index contributed by atoms with van der Waals surface area (Å²) in [7, 11) is 0. The maximum atomic E-state index is 12.2. The second-order valence-corrected chi connectivity index (χ2v) is 5.45. The molecule has 20 heavy (non-hydrogen) atoms. The number of amides is 1. The molecule has 1 amide bonds. The predicted molar refractivity (Wildman–Crippen MR) is 80.9 cm³/mol. The van der Waals surface area contributed by atoms with Gasteiger partial charge in [-0.15, -0.1) is 0 Å². The van der Waals surface area contributed by atoms with Crippen LogP contribution >= 0.6 is 0 Å². The van der Waals surface area contributed by atoms with Crippen molar-refractivity contribution in [3.8, 4) is 0 Å². The lowest BCUT2D eigenvalue weighted by Gasteiger charge is -2.16. The molecule has 0 saturated carbocycles. The van der Waals surface area contributed by atoms with Crippen LogP contribution in [0.2, 0.25) is 0 Å². The second kappa shape index (κ2) is 6.61. The number of nitrogen functional groups attached to an aromatic ring is 1. The standard InChI is InChI=1S/C15H23N3O2/c1-10(2)18-15(19)13-8-11(16)5-6-14(13)17-9-12-4-3-7-20-12/h5-6,8,10,12,17H,3-4,7,9,16H2,1-2H3,(H,18,19)/t12-/m1/s1. The Morgan fingerprint density at radius 2 is 2.30 bits per heavy atom. The van der Waals surface area contributed by atoms with Crippen LogP contribution in [0.3, 0.4) is 0 Å². The van der Waals surface area contributed by atoms with Gasteiger partial charge >= 0.3 is 0 Å². The van der Waals surface area contributed by atoms with Crippen LogP contribution in [0.4, 0.5) is 11.4 Å². The van der Waals surface area contributed by atoms with Crippen molar-refractivity contribution in [1.29, 1.82) is 0 Å². The number of carbonyl (C=O) groups is 1. The van der Waals surface area contributed by atoms with Crippen LogP contribution in [-0.2, 0) is 4.74 Å². The first kappa shape index (κ1) is 14.7. The van der Waals surface area contributed by atoms with Crippen molar-refractivity contribution >= 4 is 17.3 Å². The van der Waals surface area contributed by atoms with E-state index in [9.17, 15) is 4.79 Å². The quantitative estimate of drug-likeness (QED) is 0.719. The molecule has 1 aliphatic rings. The van der Waals surface area contributed by atoms with Crippen molar-refractivity contribution in [2.24, 2.45) is 0 Å². The van der Waals surface area contributed by atoms with Gasteiger partial charge in [-0.2, -0.15) is 0 Å². The van der Waals surface area contributed by atoms with E-state index in [1.54, 1.807) is 12.1 Å². The average Bonchev–Trinajstić information content (AvgIpc) is 2.89. The van der Waals surface area contributed by atoms with E-state index in [0.717, 1.165) is 25.1 Å². The topological polar surface area (TPSA) is 76.4 Å². The zero-order chi connectivity index (χ0) is 14.5. The molecule has 0 bridgehead atoms. The monoisotopic (exact) mass is 277 g/mol. The highest BCUT2D eigenvalue weighted by Gasteiger charge is 2.17. The van der Waals surface area contributed by atoms with Crippen LogP contribution in [0.5, 0.6) is 0 Å². The molecule has 0 unspecified atom stereocenters. The number of nitrogens with two attached hydrogens (primary N) is 1. The molecule has 1 fully saturated rings. The molecule has 5 heteroatoms. The summed E-state index contributed by atoms with van der Waals surface area (Å²) in [6.07, 6.45) is 2.40. The molecule has 110 valence electrons. The first-order valence-corrected chi connectivity index (χ1v) is 7.12. The SMILES string of the molecule is CC(C)NC(=O)c1cc(N)ccc1NC[C@H]1CCCO1. The number of nitrogens with one attached hydrogen (secondary N) is 2. The van der Waals surface area contributed by atoms with E-state index in [1.807, 2.05) is 19.9 Å². The second-order valence-electron chi connectivity index (χ2n) is 5.45. The zero-order valence-corrected chi connectivity index (χ0v) is 12.1. The fourth-order valence-corrected chi connectivity index (χ4v) is 2.27. The average molecular weight is 277 g/mol. The number of hydrogen-bond acceptors (Lipinski definition) is 4. The van der Waals surface area contributed by atoms with Crippen molar-refractivity contribution in [3.05, 3.63) is 23.8 Å². The van der Waals surface area contributed by atoms with Gasteiger partial charge in [0.2, 0.25) is 0 Å². The van der Waals surface area contributed by atoms with Gasteiger partial charge in [0.1, 0.15) is 0 Å². The Bertz CT molecular complexity index is 468. The number of ether oxygens (including phenoxy) is 1. The van der Waals surface area contributed by atoms with Gasteiger partial charge in [0.05, 0.1) is 11.7 Å². The van der Waals surface area contributed by atoms with Crippen LogP contribution in [-0.4, -0.2) is 31.2 Å². The summed E-state index contributed by atoms with van der Waals surface area (Å²) in [5.74, 6) is -0.109. The van der Waals surface area contributed by atoms with Gasteiger partial charge in [0.15, 0.2) is 0 Å². The van der Waals surface area contributed by atoms with Crippen LogP contribution < -0.4 is 16.4 Å². The zero-order valence-electron chi connectivity index (χ0n) is 12.1. The van der Waals surface area contributed by atoms with Crippen molar-refractivity contribution < 1.29 is 9.53 Å². The maximum absolute atomic E-state index is 12.2. The highest BCUT2D eigenvalue weighted by atomic mass is 16.5. The molecule has 4 N–H and O–H groups in total. The van der Waals surface area contributed by atoms with E-state index >= 15 is 0 Å². The molecular weight excluding hydrogens is 254 g/mol. The fraction of sp³-hybridized carbons (Fsp3) is 0.533. The van der Waals surface area contributed by atoms with Gasteiger partial charge in [-0.1, -0.05) is 0 Å². The Morgan fingerprint density at radius 1 is 1.50 bits per heavy atom. The summed E-state index contributed by atoms with van der Waals surface area (Å²) in [6, 6.07) is 5.44. The van der Waals surface area contributed by atoms with E-state index in [2.05, 4.69) is 10.6 Å². The van der Waals surface area contributed by atoms with Crippen molar-refractivity contribution in [2.75, 3.05) is 24.2 Å². The van der Waals surface area contributed by atoms with Gasteiger partial charge in [-0.05, 0) is 44.9 Å². The third-order valence-electron chi connectivity index (χ3n) is 3.25. The highest BCUT2D eigenvalue weighted by Crippen LogP contribution is 2.20. The molecule has 0 aliphatic carbocycles. The van der Waals surface area contributed by atoms with Gasteiger partial charge in [0.25, 0.3) is 5.91 Å². The van der Waals surface area contributed by atoms with Crippen molar-refractivity contribution in [3.63, 3.8) is 0 Å². The summed E-state index contributed by atoms with van der Waals surface area (Å²) in [4.78, 5) is 12.2. The third-order valence-corrected chi connectivity index (χ3v) is 3.25. The normalized spacial score (nSPS) is 18.2. The molecule has 1 aliphatic heterocycles. The molecule has 5 nitrogen and oxygen atoms in total. The smallest absolute Gasteiger partial charge is 0.253 e. The largest absolute Gasteiger partial charge is 0.399 e. The number of rotatable bonds is 5. The first-order valence-electron chi connectivity index (χ1n) is 7.12. The predicted octanol–water partition coefficient (Wildman–Crippen LogP) is 2.00. The lowest BCUT2D eigenvalue weighted by Crippen LogP contribution is -2.31. The molecule has 2 rings (SSSR count). The Morgan fingerprint density at radius 3 is 2.95 bits per heavy atom. The van der Waals surface area contributed by atoms with E-state index in [-0.39, 0.29) is 18.1 Å². The molecule has 1 saturated heterocycles. The molecule has 0 spiro atoms. The Kier molecular flexibility index (Phi) is 4.84. The number of carbonyl (C=O) groups excluding carboxylic acids is 1. The van der Waals surface area contributed by atoms with E-state index in [1.165, 1.54) is 0 Å². The summed E-state index contributed by atoms with van der Waals surface area (Å²) >= 11 is 0. The lowest BCUT2D eigenvalue weighted by atomic mass is 10.1. The van der Waals surface area contributed by atoms with Gasteiger partial charge in [0, 0.05) is 30.6 Å². The summed E-state index contributed by atoms with van der Waals surface area (Å²) in [5, 5.41) is 6.18. The number of hydrogen-bond donors (Lipinski definition) is 3. The molecule has 1 atom stereocenters. The van der Waals surface area contributed by atoms with Crippen LogP contribution in [0.25, 0.3) is 0 Å². The summed E-state index contributed by atoms with van der Waals surface area (Å²) in [5.41, 5.74) is 7.75. The lowest BCUT2D eigenvalue weighted by molar-refractivity contribution is 0.0943. The van der Waals surface area contributed by atoms with Gasteiger partial charge < -0.3 is 21.1 Å². The molecule has 1 heterocycles. The molecular formula is C15H23N3O2. The van der Waals surface area contributed by atoms with Gasteiger partial charge in [-0.25, -0.2) is 0 Å². The van der Waals surface area contributed by atoms with E-state index in [0.29, 0.717) is 17.8 Å². The number of benzene rings is 1. The third kappa shape index (κ3) is 3.87. The Hall–Kier alpha value is -1.75.